The van der Waals surface area contributed by atoms with Gasteiger partial charge in [-0.25, -0.2) is 0 Å². The Labute approximate surface area is 96.2 Å². The number of hydrogen-bond acceptors (Lipinski definition) is 2. The van der Waals surface area contributed by atoms with Gasteiger partial charge in [-0.2, -0.15) is 0 Å². The molecule has 0 saturated heterocycles. The topological polar surface area (TPSA) is 24.1 Å². The molecule has 2 heterocycles. The highest BCUT2D eigenvalue weighted by atomic mass is 127. The molecule has 0 aliphatic carbocycles. The van der Waals surface area contributed by atoms with Gasteiger partial charge in [-0.3, -0.25) is 0 Å². The molecule has 14 heavy (non-hydrogen) atoms. The van der Waals surface area contributed by atoms with Gasteiger partial charge < -0.3 is 10.6 Å². The zero-order valence-corrected chi connectivity index (χ0v) is 9.84. The molecule has 0 saturated carbocycles. The van der Waals surface area contributed by atoms with Crippen LogP contribution in [0.1, 0.15) is 6.42 Å². The number of alkyl halides is 1. The molecule has 1 aromatic carbocycles. The molecular formula is C11H11IN2. The summed E-state index contributed by atoms with van der Waals surface area (Å²) in [5.41, 5.74) is 2.83. The molecule has 1 aromatic rings. The Hall–Kier alpha value is -0.710. The average Bonchev–Trinajstić information content (AvgIpc) is 2.39. The van der Waals surface area contributed by atoms with Gasteiger partial charge in [-0.15, -0.1) is 0 Å². The van der Waals surface area contributed by atoms with Crippen LogP contribution in [0.25, 0.3) is 11.8 Å². The monoisotopic (exact) mass is 298 g/mol. The van der Waals surface area contributed by atoms with E-state index in [0.717, 1.165) is 13.0 Å². The number of rotatable bonds is 0. The third kappa shape index (κ3) is 1.15. The van der Waals surface area contributed by atoms with E-state index in [9.17, 15) is 0 Å². The van der Waals surface area contributed by atoms with Gasteiger partial charge in [0, 0.05) is 23.7 Å². The summed E-state index contributed by atoms with van der Waals surface area (Å²) in [7, 11) is 0. The van der Waals surface area contributed by atoms with Gasteiger partial charge in [-0.05, 0) is 23.3 Å². The normalized spacial score (nSPS) is 22.9. The fourth-order valence-electron chi connectivity index (χ4n) is 2.16. The summed E-state index contributed by atoms with van der Waals surface area (Å²) in [6.07, 6.45) is 3.27. The van der Waals surface area contributed by atoms with Crippen molar-refractivity contribution in [2.75, 3.05) is 11.9 Å². The van der Waals surface area contributed by atoms with E-state index < -0.39 is 0 Å². The van der Waals surface area contributed by atoms with Crippen LogP contribution in [-0.2, 0) is 0 Å². The zero-order chi connectivity index (χ0) is 9.54. The van der Waals surface area contributed by atoms with Crippen molar-refractivity contribution in [1.82, 2.24) is 5.32 Å². The largest absolute Gasteiger partial charge is 0.390 e. The molecule has 3 rings (SSSR count). The van der Waals surface area contributed by atoms with Crippen molar-refractivity contribution in [3.05, 3.63) is 28.6 Å². The Morgan fingerprint density at radius 2 is 2.29 bits per heavy atom. The van der Waals surface area contributed by atoms with Gasteiger partial charge >= 0.3 is 0 Å². The van der Waals surface area contributed by atoms with Crippen LogP contribution in [0.15, 0.2) is 18.2 Å². The quantitative estimate of drug-likeness (QED) is 0.420. The Morgan fingerprint density at radius 3 is 3.21 bits per heavy atom. The van der Waals surface area contributed by atoms with Crippen molar-refractivity contribution < 1.29 is 0 Å². The first-order valence-electron chi connectivity index (χ1n) is 4.82. The smallest absolute Gasteiger partial charge is 0.101 e. The van der Waals surface area contributed by atoms with Crippen LogP contribution >= 0.6 is 22.6 Å². The highest BCUT2D eigenvalue weighted by Crippen LogP contribution is 2.23. The van der Waals surface area contributed by atoms with Crippen molar-refractivity contribution in [1.29, 1.82) is 0 Å². The maximum atomic E-state index is 3.51. The van der Waals surface area contributed by atoms with Gasteiger partial charge in [0.2, 0.25) is 0 Å². The van der Waals surface area contributed by atoms with Crippen LogP contribution in [0, 0.1) is 0 Å². The van der Waals surface area contributed by atoms with Crippen LogP contribution < -0.4 is 21.1 Å². The van der Waals surface area contributed by atoms with Crippen LogP contribution in [0.3, 0.4) is 0 Å². The second-order valence-corrected chi connectivity index (χ2v) is 4.90. The van der Waals surface area contributed by atoms with Gasteiger partial charge in [-0.1, -0.05) is 34.7 Å². The summed E-state index contributed by atoms with van der Waals surface area (Å²) >= 11 is 2.47. The number of benzene rings is 1. The van der Waals surface area contributed by atoms with Crippen molar-refractivity contribution in [3.63, 3.8) is 0 Å². The molecule has 0 bridgehead atoms. The molecule has 3 heteroatoms. The number of nitrogens with one attached hydrogen (secondary N) is 2. The lowest BCUT2D eigenvalue weighted by molar-refractivity contribution is 0.893. The molecule has 2 N–H and O–H groups in total. The van der Waals surface area contributed by atoms with Gasteiger partial charge in [0.15, 0.2) is 0 Å². The number of halogens is 1. The van der Waals surface area contributed by atoms with E-state index in [1.807, 2.05) is 0 Å². The number of anilines is 1. The van der Waals surface area contributed by atoms with E-state index in [0.29, 0.717) is 4.05 Å². The lowest BCUT2D eigenvalue weighted by Gasteiger charge is -2.08. The maximum Gasteiger partial charge on any atom is 0.101 e. The first-order chi connectivity index (χ1) is 6.86. The summed E-state index contributed by atoms with van der Waals surface area (Å²) in [5.74, 6) is 0. The highest BCUT2D eigenvalue weighted by Gasteiger charge is 2.20. The van der Waals surface area contributed by atoms with Crippen molar-refractivity contribution in [3.8, 4) is 0 Å². The molecule has 1 atom stereocenters. The molecule has 2 nitrogen and oxygen atoms in total. The van der Waals surface area contributed by atoms with Crippen molar-refractivity contribution >= 4 is 40.1 Å². The SMILES string of the molecule is IC1Nc2cccc3c2=C1CCNC=3. The van der Waals surface area contributed by atoms with E-state index in [-0.39, 0.29) is 0 Å². The Bertz CT molecular complexity index is 492. The molecule has 0 fully saturated rings. The van der Waals surface area contributed by atoms with E-state index >= 15 is 0 Å². The zero-order valence-electron chi connectivity index (χ0n) is 7.68. The predicted octanol–water partition coefficient (Wildman–Crippen LogP) is 0.755. The minimum atomic E-state index is 0.469. The molecule has 2 aliphatic rings. The lowest BCUT2D eigenvalue weighted by Crippen LogP contribution is -2.26. The molecule has 0 amide bonds. The van der Waals surface area contributed by atoms with Crippen molar-refractivity contribution in [2.45, 2.75) is 10.5 Å². The van der Waals surface area contributed by atoms with Gasteiger partial charge in [0.1, 0.15) is 4.05 Å². The van der Waals surface area contributed by atoms with E-state index in [4.69, 9.17) is 0 Å². The Balaban J connectivity index is 2.44. The maximum absolute atomic E-state index is 3.51. The predicted molar refractivity (Wildman–Crippen MR) is 67.6 cm³/mol. The summed E-state index contributed by atoms with van der Waals surface area (Å²) in [6, 6.07) is 6.45. The first-order valence-corrected chi connectivity index (χ1v) is 6.07. The van der Waals surface area contributed by atoms with E-state index in [2.05, 4.69) is 57.6 Å². The lowest BCUT2D eigenvalue weighted by atomic mass is 10.1. The first kappa shape index (κ1) is 8.59. The standard InChI is InChI=1S/C11H11IN2/c12-11-8-4-5-13-6-7-2-1-3-9(14-11)10(7)8/h1-3,6,11,13-14H,4-5H2. The fraction of sp³-hybridized carbons (Fsp3) is 0.273. The van der Waals surface area contributed by atoms with Gasteiger partial charge in [0.25, 0.3) is 0 Å². The molecule has 0 aromatic heterocycles. The van der Waals surface area contributed by atoms with E-state index in [1.54, 1.807) is 0 Å². The minimum absolute atomic E-state index is 0.469. The van der Waals surface area contributed by atoms with Crippen LogP contribution in [0.2, 0.25) is 0 Å². The summed E-state index contributed by atoms with van der Waals surface area (Å²) in [5, 5.41) is 9.60. The molecule has 72 valence electrons. The summed E-state index contributed by atoms with van der Waals surface area (Å²) in [6.45, 7) is 1.05. The highest BCUT2D eigenvalue weighted by molar-refractivity contribution is 14.1. The van der Waals surface area contributed by atoms with E-state index in [1.165, 1.54) is 21.7 Å². The minimum Gasteiger partial charge on any atom is -0.390 e. The third-order valence-corrected chi connectivity index (χ3v) is 3.87. The van der Waals surface area contributed by atoms with Crippen LogP contribution in [-0.4, -0.2) is 10.6 Å². The van der Waals surface area contributed by atoms with Crippen LogP contribution in [0.5, 0.6) is 0 Å². The average molecular weight is 298 g/mol. The van der Waals surface area contributed by atoms with Gasteiger partial charge in [0.05, 0.1) is 0 Å². The summed E-state index contributed by atoms with van der Waals surface area (Å²) in [4.78, 5) is 0. The molecule has 0 spiro atoms. The molecular weight excluding hydrogens is 287 g/mol. The number of hydrogen-bond donors (Lipinski definition) is 2. The Kier molecular flexibility index (Phi) is 1.93. The second-order valence-electron chi connectivity index (χ2n) is 3.65. The summed E-state index contributed by atoms with van der Waals surface area (Å²) < 4.78 is 0.469. The molecule has 1 unspecified atom stereocenters. The van der Waals surface area contributed by atoms with Crippen LogP contribution in [0.4, 0.5) is 5.69 Å². The van der Waals surface area contributed by atoms with Crippen molar-refractivity contribution in [2.24, 2.45) is 0 Å². The fourth-order valence-corrected chi connectivity index (χ4v) is 3.12. The third-order valence-electron chi connectivity index (χ3n) is 2.80. The second kappa shape index (κ2) is 3.15. The molecule has 2 aliphatic heterocycles. The Morgan fingerprint density at radius 1 is 1.36 bits per heavy atom. The molecule has 0 radical (unpaired) electrons.